The van der Waals surface area contributed by atoms with Crippen LogP contribution < -0.4 is 0 Å². The van der Waals surface area contributed by atoms with Crippen molar-refractivity contribution >= 4 is 28.2 Å². The minimum atomic E-state index is -6.30. The lowest BCUT2D eigenvalue weighted by atomic mass is 10.1. The zero-order chi connectivity index (χ0) is 17.2. The minimum Gasteiger partial charge on any atom is -0.203 e. The van der Waals surface area contributed by atoms with Gasteiger partial charge in [0.2, 0.25) is 0 Å². The first kappa shape index (κ1) is 19.1. The van der Waals surface area contributed by atoms with E-state index >= 15 is 0 Å². The van der Waals surface area contributed by atoms with Gasteiger partial charge in [0, 0.05) is 5.75 Å². The fourth-order valence-electron chi connectivity index (χ4n) is 1.29. The molecule has 0 amide bonds. The van der Waals surface area contributed by atoms with Gasteiger partial charge in [-0.1, -0.05) is 42.5 Å². The van der Waals surface area contributed by atoms with Gasteiger partial charge in [0.25, 0.3) is 0 Å². The van der Waals surface area contributed by atoms with Crippen molar-refractivity contribution < 1.29 is 35.1 Å². The van der Waals surface area contributed by atoms with Crippen LogP contribution in [0.5, 0.6) is 0 Å². The Morgan fingerprint density at radius 2 is 1.50 bits per heavy atom. The maximum absolute atomic E-state index is 13.4. The van der Waals surface area contributed by atoms with Crippen molar-refractivity contribution in [3.05, 3.63) is 35.9 Å². The zero-order valence-corrected chi connectivity index (χ0v) is 12.1. The maximum Gasteiger partial charge on any atom is 0.383 e. The third kappa shape index (κ3) is 3.53. The van der Waals surface area contributed by atoms with E-state index in [2.05, 4.69) is 12.2 Å². The Hall–Kier alpha value is -0.900. The van der Waals surface area contributed by atoms with E-state index in [1.54, 1.807) is 6.07 Å². The van der Waals surface area contributed by atoms with Gasteiger partial charge in [0.05, 0.1) is 0 Å². The van der Waals surface area contributed by atoms with Gasteiger partial charge < -0.3 is 0 Å². The van der Waals surface area contributed by atoms with E-state index in [0.29, 0.717) is 5.56 Å². The number of rotatable bonds is 6. The summed E-state index contributed by atoms with van der Waals surface area (Å²) in [6.45, 7) is 0. The second kappa shape index (κ2) is 6.69. The van der Waals surface area contributed by atoms with E-state index in [1.165, 1.54) is 24.3 Å². The molecule has 0 aliphatic carbocycles. The molecular weight excluding hydrogens is 360 g/mol. The van der Waals surface area contributed by atoms with Crippen LogP contribution in [0.3, 0.4) is 0 Å². The van der Waals surface area contributed by atoms with Gasteiger partial charge in [-0.05, 0) is 5.56 Å². The molecule has 0 saturated carbocycles. The van der Waals surface area contributed by atoms with Crippen LogP contribution in [0.4, 0.5) is 35.1 Å². The van der Waals surface area contributed by atoms with Gasteiger partial charge in [0.1, 0.15) is 4.20 Å². The summed E-state index contributed by atoms with van der Waals surface area (Å²) in [5.41, 5.74) is 0.426. The summed E-state index contributed by atoms with van der Waals surface area (Å²) in [6, 6.07) is 7.63. The molecule has 0 unspecified atom stereocenters. The summed E-state index contributed by atoms with van der Waals surface area (Å²) in [4.78, 5) is 0. The molecule has 1 aromatic rings. The molecular formula is C12H8F8S2. The molecule has 10 heteroatoms. The molecule has 0 nitrogen and oxygen atoms in total. The number of hydrogen-bond donors (Lipinski definition) is 0. The molecule has 0 radical (unpaired) electrons. The van der Waals surface area contributed by atoms with Crippen LogP contribution in [0.15, 0.2) is 30.3 Å². The lowest BCUT2D eigenvalue weighted by Gasteiger charge is -2.32. The molecule has 22 heavy (non-hydrogen) atoms. The smallest absolute Gasteiger partial charge is 0.203 e. The average molecular weight is 368 g/mol. The van der Waals surface area contributed by atoms with Crippen LogP contribution in [0.1, 0.15) is 5.56 Å². The lowest BCUT2D eigenvalue weighted by molar-refractivity contribution is -0.318. The van der Waals surface area contributed by atoms with Crippen molar-refractivity contribution in [2.75, 3.05) is 0 Å². The predicted octanol–water partition coefficient (Wildman–Crippen LogP) is 5.42. The molecule has 0 N–H and O–H groups in total. The summed E-state index contributed by atoms with van der Waals surface area (Å²) in [7, 11) is 0. The van der Waals surface area contributed by atoms with Gasteiger partial charge in [0.15, 0.2) is 0 Å². The largest absolute Gasteiger partial charge is 0.383 e. The van der Waals surface area contributed by atoms with Crippen molar-refractivity contribution in [2.24, 2.45) is 0 Å². The van der Waals surface area contributed by atoms with Crippen molar-refractivity contribution in [3.63, 3.8) is 0 Å². The number of thiocarbonyl (C=S) groups is 1. The Morgan fingerprint density at radius 3 is 1.95 bits per heavy atom. The standard InChI is InChI=1S/C12H8F8S2/c13-8(14)10(15,16)12(19,20)11(17,18)9(21)22-6-7-4-2-1-3-5-7/h1-5,8H,6H2. The first-order valence-corrected chi connectivity index (χ1v) is 6.96. The summed E-state index contributed by atoms with van der Waals surface area (Å²) >= 11 is 4.06. The van der Waals surface area contributed by atoms with Crippen LogP contribution >= 0.6 is 24.0 Å². The quantitative estimate of drug-likeness (QED) is 0.486. The fraction of sp³-hybridized carbons (Fsp3) is 0.417. The van der Waals surface area contributed by atoms with E-state index in [-0.39, 0.29) is 17.5 Å². The highest BCUT2D eigenvalue weighted by Crippen LogP contribution is 2.50. The highest BCUT2D eigenvalue weighted by molar-refractivity contribution is 8.22. The van der Waals surface area contributed by atoms with Crippen LogP contribution in [0.25, 0.3) is 0 Å². The molecule has 1 aromatic carbocycles. The van der Waals surface area contributed by atoms with Crippen molar-refractivity contribution in [3.8, 4) is 0 Å². The third-order valence-corrected chi connectivity index (χ3v) is 4.16. The molecule has 0 aromatic heterocycles. The Balaban J connectivity index is 2.90. The van der Waals surface area contributed by atoms with E-state index in [1.807, 2.05) is 0 Å². The number of hydrogen-bond acceptors (Lipinski definition) is 2. The minimum absolute atomic E-state index is 0.0144. The van der Waals surface area contributed by atoms with E-state index in [4.69, 9.17) is 0 Å². The Labute approximate surface area is 129 Å². The summed E-state index contributed by atoms with van der Waals surface area (Å²) < 4.78 is 101. The van der Waals surface area contributed by atoms with Crippen LogP contribution in [0.2, 0.25) is 0 Å². The fourth-order valence-corrected chi connectivity index (χ4v) is 2.39. The SMILES string of the molecule is FC(F)C(F)(F)C(F)(F)C(F)(F)C(=S)SCc1ccccc1. The molecule has 0 saturated heterocycles. The monoisotopic (exact) mass is 368 g/mol. The second-order valence-corrected chi connectivity index (χ2v) is 5.79. The lowest BCUT2D eigenvalue weighted by Crippen LogP contribution is -2.59. The van der Waals surface area contributed by atoms with Crippen LogP contribution in [-0.2, 0) is 5.75 Å². The third-order valence-electron chi connectivity index (χ3n) is 2.56. The highest BCUT2D eigenvalue weighted by atomic mass is 32.2. The normalized spacial score (nSPS) is 13.5. The number of halogens is 8. The number of alkyl halides is 8. The second-order valence-electron chi connectivity index (χ2n) is 4.13. The van der Waals surface area contributed by atoms with Crippen molar-refractivity contribution in [1.29, 1.82) is 0 Å². The molecule has 0 fully saturated rings. The molecule has 124 valence electrons. The first-order chi connectivity index (χ1) is 9.94. The highest BCUT2D eigenvalue weighted by Gasteiger charge is 2.76. The summed E-state index contributed by atoms with van der Waals surface area (Å²) in [5.74, 6) is -18.4. The van der Waals surface area contributed by atoms with Gasteiger partial charge in [-0.3, -0.25) is 0 Å². The topological polar surface area (TPSA) is 0 Å². The average Bonchev–Trinajstić information content (AvgIpc) is 2.45. The molecule has 0 spiro atoms. The summed E-state index contributed by atoms with van der Waals surface area (Å²) in [6.07, 6.45) is -4.95. The zero-order valence-electron chi connectivity index (χ0n) is 10.5. The molecule has 0 aliphatic heterocycles. The van der Waals surface area contributed by atoms with Crippen LogP contribution in [-0.4, -0.2) is 28.4 Å². The van der Waals surface area contributed by atoms with Gasteiger partial charge in [-0.25, -0.2) is 8.78 Å². The molecule has 0 atom stereocenters. The Bertz CT molecular complexity index is 515. The van der Waals surface area contributed by atoms with E-state index < -0.39 is 28.4 Å². The predicted molar refractivity (Wildman–Crippen MR) is 71.2 cm³/mol. The van der Waals surface area contributed by atoms with Crippen LogP contribution in [0, 0.1) is 0 Å². The first-order valence-electron chi connectivity index (χ1n) is 5.57. The van der Waals surface area contributed by atoms with Crippen molar-refractivity contribution in [2.45, 2.75) is 29.9 Å². The molecule has 0 heterocycles. The number of thioether (sulfide) groups is 1. The van der Waals surface area contributed by atoms with E-state index in [9.17, 15) is 35.1 Å². The summed E-state index contributed by atoms with van der Waals surface area (Å²) in [5, 5.41) is 0. The molecule has 1 rings (SSSR count). The molecule has 0 aliphatic rings. The van der Waals surface area contributed by atoms with Gasteiger partial charge in [-0.2, -0.15) is 26.3 Å². The van der Waals surface area contributed by atoms with Gasteiger partial charge in [-0.15, -0.1) is 11.8 Å². The Morgan fingerprint density at radius 1 is 1.00 bits per heavy atom. The van der Waals surface area contributed by atoms with Gasteiger partial charge >= 0.3 is 24.2 Å². The molecule has 0 bridgehead atoms. The van der Waals surface area contributed by atoms with E-state index in [0.717, 1.165) is 0 Å². The van der Waals surface area contributed by atoms with Crippen molar-refractivity contribution in [1.82, 2.24) is 0 Å². The Kier molecular flexibility index (Phi) is 5.82. The number of benzene rings is 1. The maximum atomic E-state index is 13.4.